The minimum absolute atomic E-state index is 1.08. The van der Waals surface area contributed by atoms with Gasteiger partial charge in [0, 0.05) is 7.05 Å². The van der Waals surface area contributed by atoms with Crippen molar-refractivity contribution in [1.82, 2.24) is 5.01 Å². The van der Waals surface area contributed by atoms with Crippen molar-refractivity contribution in [3.63, 3.8) is 0 Å². The van der Waals surface area contributed by atoms with Gasteiger partial charge < -0.3 is 0 Å². The van der Waals surface area contributed by atoms with Crippen LogP contribution in [0.2, 0.25) is 0 Å². The molecule has 1 N–H and O–H groups in total. The highest BCUT2D eigenvalue weighted by atomic mass is 15.5. The average molecular weight is 100 g/mol. The first-order chi connectivity index (χ1) is 3.31. The maximum absolute atomic E-state index is 6.56. The summed E-state index contributed by atoms with van der Waals surface area (Å²) < 4.78 is 0. The van der Waals surface area contributed by atoms with E-state index in [2.05, 4.69) is 10.3 Å². The average Bonchev–Trinajstić information content (AvgIpc) is 1.68. The molecule has 0 spiro atoms. The maximum atomic E-state index is 6.56. The molecule has 0 aromatic rings. The maximum Gasteiger partial charge on any atom is 0.104 e. The number of nitrogens with zero attached hydrogens (tertiary/aromatic N) is 3. The normalized spacial score (nSPS) is 9.43. The van der Waals surface area contributed by atoms with Crippen LogP contribution < -0.4 is 0 Å². The highest BCUT2D eigenvalue weighted by Gasteiger charge is 1.75. The molecule has 0 radical (unpaired) electrons. The molecule has 40 valence electrons. The Labute approximate surface area is 42.3 Å². The molecule has 0 unspecified atom stereocenters. The molecule has 0 aliphatic carbocycles. The molecular formula is C3H8N4. The van der Waals surface area contributed by atoms with Crippen LogP contribution in [0.3, 0.4) is 0 Å². The van der Waals surface area contributed by atoms with Gasteiger partial charge in [0.15, 0.2) is 0 Å². The summed E-state index contributed by atoms with van der Waals surface area (Å²) in [6.45, 7) is 0. The SMILES string of the molecule is C/N=N\N(C)C=N. The second-order valence-electron chi connectivity index (χ2n) is 0.992. The zero-order valence-corrected chi connectivity index (χ0v) is 4.42. The van der Waals surface area contributed by atoms with Crippen molar-refractivity contribution >= 4 is 6.34 Å². The third kappa shape index (κ3) is 2.88. The molecule has 0 amide bonds. The summed E-state index contributed by atoms with van der Waals surface area (Å²) >= 11 is 0. The molecule has 0 aliphatic heterocycles. The van der Waals surface area contributed by atoms with Crippen molar-refractivity contribution in [1.29, 1.82) is 5.41 Å². The molecule has 0 bridgehead atoms. The summed E-state index contributed by atoms with van der Waals surface area (Å²) in [5.41, 5.74) is 0. The molecule has 0 aliphatic rings. The van der Waals surface area contributed by atoms with E-state index in [1.165, 1.54) is 5.01 Å². The Morgan fingerprint density at radius 2 is 2.29 bits per heavy atom. The first-order valence-corrected chi connectivity index (χ1v) is 1.84. The summed E-state index contributed by atoms with van der Waals surface area (Å²) in [6, 6.07) is 0. The first kappa shape index (κ1) is 6.07. The van der Waals surface area contributed by atoms with E-state index >= 15 is 0 Å². The number of rotatable bonds is 2. The summed E-state index contributed by atoms with van der Waals surface area (Å²) in [6.07, 6.45) is 1.08. The molecule has 4 nitrogen and oxygen atoms in total. The minimum Gasteiger partial charge on any atom is -0.290 e. The van der Waals surface area contributed by atoms with Crippen LogP contribution in [-0.4, -0.2) is 25.4 Å². The van der Waals surface area contributed by atoms with E-state index in [9.17, 15) is 0 Å². The Hall–Kier alpha value is -0.930. The van der Waals surface area contributed by atoms with E-state index in [4.69, 9.17) is 5.41 Å². The van der Waals surface area contributed by atoms with Crippen LogP contribution in [0.4, 0.5) is 0 Å². The van der Waals surface area contributed by atoms with Crippen molar-refractivity contribution in [3.8, 4) is 0 Å². The van der Waals surface area contributed by atoms with Gasteiger partial charge in [-0.05, 0) is 0 Å². The third-order valence-electron chi connectivity index (χ3n) is 0.417. The van der Waals surface area contributed by atoms with Crippen molar-refractivity contribution in [2.75, 3.05) is 14.1 Å². The Balaban J connectivity index is 3.35. The highest BCUT2D eigenvalue weighted by molar-refractivity contribution is 5.48. The van der Waals surface area contributed by atoms with Crippen molar-refractivity contribution in [3.05, 3.63) is 0 Å². The lowest BCUT2D eigenvalue weighted by Crippen LogP contribution is -2.04. The number of hydrogen-bond acceptors (Lipinski definition) is 3. The third-order valence-corrected chi connectivity index (χ3v) is 0.417. The molecular weight excluding hydrogens is 92.1 g/mol. The Kier molecular flexibility index (Phi) is 2.83. The van der Waals surface area contributed by atoms with E-state index in [1.54, 1.807) is 14.1 Å². The van der Waals surface area contributed by atoms with Gasteiger partial charge in [0.05, 0.1) is 7.05 Å². The van der Waals surface area contributed by atoms with E-state index in [-0.39, 0.29) is 0 Å². The van der Waals surface area contributed by atoms with E-state index in [1.807, 2.05) is 0 Å². The summed E-state index contributed by atoms with van der Waals surface area (Å²) in [4.78, 5) is 0. The van der Waals surface area contributed by atoms with E-state index < -0.39 is 0 Å². The molecule has 0 fully saturated rings. The second kappa shape index (κ2) is 3.27. The van der Waals surface area contributed by atoms with Crippen molar-refractivity contribution < 1.29 is 0 Å². The predicted octanol–water partition coefficient (Wildman–Crippen LogP) is 0.522. The fourth-order valence-electron chi connectivity index (χ4n) is 0.167. The lowest BCUT2D eigenvalue weighted by Gasteiger charge is -1.97. The van der Waals surface area contributed by atoms with Crippen molar-refractivity contribution in [2.24, 2.45) is 10.3 Å². The van der Waals surface area contributed by atoms with Gasteiger partial charge in [-0.3, -0.25) is 5.41 Å². The van der Waals surface area contributed by atoms with E-state index in [0.717, 1.165) is 6.34 Å². The standard InChI is InChI=1S/C3H8N4/c1-5-6-7(2)3-4/h3-4H,1-2H3/b4-3?,6-5-. The summed E-state index contributed by atoms with van der Waals surface area (Å²) in [5.74, 6) is 0. The molecule has 0 aromatic heterocycles. The zero-order chi connectivity index (χ0) is 5.70. The lowest BCUT2D eigenvalue weighted by molar-refractivity contribution is 0.514. The van der Waals surface area contributed by atoms with Gasteiger partial charge in [-0.15, -0.1) is 0 Å². The Morgan fingerprint density at radius 3 is 2.43 bits per heavy atom. The molecule has 0 saturated heterocycles. The quantitative estimate of drug-likeness (QED) is 0.234. The summed E-state index contributed by atoms with van der Waals surface area (Å²) in [5, 5.41) is 14.7. The van der Waals surface area contributed by atoms with E-state index in [0.29, 0.717) is 0 Å². The van der Waals surface area contributed by atoms with Gasteiger partial charge in [-0.1, -0.05) is 5.22 Å². The van der Waals surface area contributed by atoms with Gasteiger partial charge in [-0.25, -0.2) is 5.01 Å². The second-order valence-corrected chi connectivity index (χ2v) is 0.992. The van der Waals surface area contributed by atoms with Gasteiger partial charge in [0.2, 0.25) is 0 Å². The van der Waals surface area contributed by atoms with Crippen LogP contribution in [0.25, 0.3) is 0 Å². The lowest BCUT2D eigenvalue weighted by atomic mass is 11.1. The largest absolute Gasteiger partial charge is 0.290 e. The smallest absolute Gasteiger partial charge is 0.104 e. The highest BCUT2D eigenvalue weighted by Crippen LogP contribution is 1.73. The zero-order valence-electron chi connectivity index (χ0n) is 4.42. The van der Waals surface area contributed by atoms with Crippen LogP contribution >= 0.6 is 0 Å². The molecule has 0 saturated carbocycles. The Bertz CT molecular complexity index is 77.0. The molecule has 0 heterocycles. The minimum atomic E-state index is 1.08. The van der Waals surface area contributed by atoms with Gasteiger partial charge >= 0.3 is 0 Å². The first-order valence-electron chi connectivity index (χ1n) is 1.84. The molecule has 0 rings (SSSR count). The number of hydrogen-bond donors (Lipinski definition) is 1. The van der Waals surface area contributed by atoms with Gasteiger partial charge in [0.25, 0.3) is 0 Å². The predicted molar refractivity (Wildman–Crippen MR) is 27.3 cm³/mol. The molecule has 4 heteroatoms. The van der Waals surface area contributed by atoms with Gasteiger partial charge in [0.1, 0.15) is 6.34 Å². The molecule has 0 atom stereocenters. The van der Waals surface area contributed by atoms with Crippen LogP contribution in [0, 0.1) is 5.41 Å². The van der Waals surface area contributed by atoms with Crippen LogP contribution in [0.15, 0.2) is 10.3 Å². The fraction of sp³-hybridized carbons (Fsp3) is 0.667. The molecule has 7 heavy (non-hydrogen) atoms. The van der Waals surface area contributed by atoms with Crippen LogP contribution in [0.1, 0.15) is 0 Å². The van der Waals surface area contributed by atoms with Crippen LogP contribution in [-0.2, 0) is 0 Å². The number of nitrogens with one attached hydrogen (secondary N) is 1. The molecule has 0 aromatic carbocycles. The Morgan fingerprint density at radius 1 is 1.71 bits per heavy atom. The summed E-state index contributed by atoms with van der Waals surface area (Å²) in [7, 11) is 3.19. The monoisotopic (exact) mass is 100 g/mol. The van der Waals surface area contributed by atoms with Crippen molar-refractivity contribution in [2.45, 2.75) is 0 Å². The van der Waals surface area contributed by atoms with Crippen LogP contribution in [0.5, 0.6) is 0 Å². The van der Waals surface area contributed by atoms with Gasteiger partial charge in [-0.2, -0.15) is 5.11 Å². The fourth-order valence-corrected chi connectivity index (χ4v) is 0.167. The topological polar surface area (TPSA) is 51.8 Å².